The number of pyridine rings is 1. The number of amides is 1. The van der Waals surface area contributed by atoms with Gasteiger partial charge in [0.1, 0.15) is 10.0 Å². The summed E-state index contributed by atoms with van der Waals surface area (Å²) in [6, 6.07) is 15.3. The van der Waals surface area contributed by atoms with Crippen LogP contribution in [-0.2, 0) is 16.6 Å². The molecule has 2 aromatic carbocycles. The average Bonchev–Trinajstić information content (AvgIpc) is 2.77. The maximum atomic E-state index is 12.6. The summed E-state index contributed by atoms with van der Waals surface area (Å²) in [5, 5.41) is 1.02. The number of carbonyl (C=O) groups is 1. The molecule has 0 aliphatic carbocycles. The minimum Gasteiger partial charge on any atom is -0.268 e. The van der Waals surface area contributed by atoms with Crippen molar-refractivity contribution in [2.75, 3.05) is 0 Å². The first-order valence-corrected chi connectivity index (χ1v) is 9.00. The van der Waals surface area contributed by atoms with Gasteiger partial charge in [-0.1, -0.05) is 41.9 Å². The van der Waals surface area contributed by atoms with E-state index in [0.29, 0.717) is 11.1 Å². The number of nitrogens with zero attached hydrogens (tertiary/aromatic N) is 2. The van der Waals surface area contributed by atoms with Crippen molar-refractivity contribution in [3.05, 3.63) is 70.9 Å². The van der Waals surface area contributed by atoms with Gasteiger partial charge in [0.2, 0.25) is 0 Å². The Morgan fingerprint density at radius 3 is 2.54 bits per heavy atom. The zero-order valence-corrected chi connectivity index (χ0v) is 13.9. The summed E-state index contributed by atoms with van der Waals surface area (Å²) in [4.78, 5) is 16.8. The molecule has 4 rings (SSSR count). The fourth-order valence-corrected chi connectivity index (χ4v) is 4.54. The van der Waals surface area contributed by atoms with E-state index in [2.05, 4.69) is 4.98 Å². The zero-order chi connectivity index (χ0) is 16.9. The van der Waals surface area contributed by atoms with E-state index in [9.17, 15) is 13.2 Å². The van der Waals surface area contributed by atoms with Gasteiger partial charge in [-0.2, -0.15) is 0 Å². The molecule has 0 atom stereocenters. The molecule has 7 heteroatoms. The van der Waals surface area contributed by atoms with Crippen molar-refractivity contribution in [2.45, 2.75) is 11.4 Å². The van der Waals surface area contributed by atoms with Crippen LogP contribution in [0, 0.1) is 0 Å². The summed E-state index contributed by atoms with van der Waals surface area (Å²) in [6.07, 6.45) is 0. The minimum atomic E-state index is -3.87. The lowest BCUT2D eigenvalue weighted by Gasteiger charge is -2.16. The van der Waals surface area contributed by atoms with Crippen LogP contribution in [0.1, 0.15) is 15.9 Å². The number of sulfonamides is 1. The van der Waals surface area contributed by atoms with Crippen LogP contribution in [0.5, 0.6) is 0 Å². The second-order valence-corrected chi connectivity index (χ2v) is 7.63. The van der Waals surface area contributed by atoms with E-state index >= 15 is 0 Å². The monoisotopic (exact) mass is 358 g/mol. The Morgan fingerprint density at radius 1 is 1.04 bits per heavy atom. The number of para-hydroxylation sites is 1. The number of benzene rings is 2. The highest BCUT2D eigenvalue weighted by molar-refractivity contribution is 7.90. The molecule has 1 aromatic heterocycles. The SMILES string of the molecule is O=C1c2ccccc2S(=O)(=O)N1Cc1cc2ccccc2nc1Cl. The van der Waals surface area contributed by atoms with E-state index in [4.69, 9.17) is 11.6 Å². The number of aromatic nitrogens is 1. The third-order valence-electron chi connectivity index (χ3n) is 3.98. The maximum absolute atomic E-state index is 12.6. The molecule has 3 aromatic rings. The van der Waals surface area contributed by atoms with E-state index in [0.717, 1.165) is 9.69 Å². The highest BCUT2D eigenvalue weighted by Crippen LogP contribution is 2.32. The summed E-state index contributed by atoms with van der Waals surface area (Å²) >= 11 is 6.19. The van der Waals surface area contributed by atoms with Crippen LogP contribution < -0.4 is 0 Å². The molecular weight excluding hydrogens is 348 g/mol. The molecule has 1 aliphatic heterocycles. The minimum absolute atomic E-state index is 0.0277. The van der Waals surface area contributed by atoms with Crippen LogP contribution in [0.2, 0.25) is 5.15 Å². The van der Waals surface area contributed by atoms with Gasteiger partial charge in [0.15, 0.2) is 0 Å². The lowest BCUT2D eigenvalue weighted by molar-refractivity contribution is 0.0865. The standard InChI is InChI=1S/C17H11ClN2O3S/c18-16-12(9-11-5-1-3-7-14(11)19-16)10-20-17(21)13-6-2-4-8-15(13)24(20,22)23/h1-9H,10H2. The van der Waals surface area contributed by atoms with Crippen molar-refractivity contribution in [3.8, 4) is 0 Å². The number of carbonyl (C=O) groups excluding carboxylic acids is 1. The first kappa shape index (κ1) is 15.1. The van der Waals surface area contributed by atoms with Gasteiger partial charge in [0.05, 0.1) is 17.6 Å². The Kier molecular flexibility index (Phi) is 3.33. The van der Waals surface area contributed by atoms with Gasteiger partial charge in [0.25, 0.3) is 15.9 Å². The second-order valence-electron chi connectivity index (χ2n) is 5.44. The molecule has 0 saturated heterocycles. The number of hydrogen-bond donors (Lipinski definition) is 0. The third-order valence-corrected chi connectivity index (χ3v) is 6.09. The Labute approximate surface area is 143 Å². The van der Waals surface area contributed by atoms with Gasteiger partial charge in [0, 0.05) is 10.9 Å². The first-order valence-electron chi connectivity index (χ1n) is 7.19. The Balaban J connectivity index is 1.79. The van der Waals surface area contributed by atoms with Crippen molar-refractivity contribution < 1.29 is 13.2 Å². The normalized spacial score (nSPS) is 15.7. The van der Waals surface area contributed by atoms with Crippen LogP contribution in [0.4, 0.5) is 0 Å². The number of hydrogen-bond acceptors (Lipinski definition) is 4. The summed E-state index contributed by atoms with van der Waals surface area (Å²) in [7, 11) is -3.87. The first-order chi connectivity index (χ1) is 11.5. The van der Waals surface area contributed by atoms with Gasteiger partial charge < -0.3 is 0 Å². The van der Waals surface area contributed by atoms with E-state index in [-0.39, 0.29) is 22.2 Å². The second kappa shape index (κ2) is 5.29. The highest BCUT2D eigenvalue weighted by atomic mass is 35.5. The number of rotatable bonds is 2. The van der Waals surface area contributed by atoms with Gasteiger partial charge in [-0.15, -0.1) is 0 Å². The molecule has 0 saturated carbocycles. The molecule has 2 heterocycles. The lowest BCUT2D eigenvalue weighted by atomic mass is 10.1. The van der Waals surface area contributed by atoms with Gasteiger partial charge in [-0.05, 0) is 24.3 Å². The van der Waals surface area contributed by atoms with Gasteiger partial charge in [-0.25, -0.2) is 17.7 Å². The Hall–Kier alpha value is -2.44. The van der Waals surface area contributed by atoms with Crippen LogP contribution in [0.15, 0.2) is 59.5 Å². The predicted octanol–water partition coefficient (Wildman–Crippen LogP) is 3.23. The van der Waals surface area contributed by atoms with Crippen molar-refractivity contribution in [1.82, 2.24) is 9.29 Å². The van der Waals surface area contributed by atoms with Gasteiger partial charge in [-0.3, -0.25) is 4.79 Å². The Morgan fingerprint density at radius 2 is 1.75 bits per heavy atom. The van der Waals surface area contributed by atoms with Crippen LogP contribution in [0.25, 0.3) is 10.9 Å². The van der Waals surface area contributed by atoms with E-state index in [1.807, 2.05) is 24.3 Å². The lowest BCUT2D eigenvalue weighted by Crippen LogP contribution is -2.29. The largest absolute Gasteiger partial charge is 0.269 e. The molecule has 0 spiro atoms. The van der Waals surface area contributed by atoms with E-state index < -0.39 is 15.9 Å². The molecular formula is C17H11ClN2O3S. The molecule has 0 radical (unpaired) electrons. The molecule has 0 bridgehead atoms. The molecule has 5 nitrogen and oxygen atoms in total. The smallest absolute Gasteiger partial charge is 0.268 e. The average molecular weight is 359 g/mol. The zero-order valence-electron chi connectivity index (χ0n) is 12.3. The Bertz CT molecular complexity index is 1100. The van der Waals surface area contributed by atoms with Crippen LogP contribution in [0.3, 0.4) is 0 Å². The molecule has 120 valence electrons. The summed E-state index contributed by atoms with van der Waals surface area (Å²) in [5.41, 5.74) is 1.38. The molecule has 1 aliphatic rings. The van der Waals surface area contributed by atoms with E-state index in [1.165, 1.54) is 12.1 Å². The van der Waals surface area contributed by atoms with Gasteiger partial charge >= 0.3 is 0 Å². The topological polar surface area (TPSA) is 67.3 Å². The fraction of sp³-hybridized carbons (Fsp3) is 0.0588. The van der Waals surface area contributed by atoms with Crippen molar-refractivity contribution in [3.63, 3.8) is 0 Å². The number of halogens is 1. The molecule has 1 amide bonds. The quantitative estimate of drug-likeness (QED) is 0.659. The molecule has 0 fully saturated rings. The van der Waals surface area contributed by atoms with Crippen molar-refractivity contribution >= 4 is 38.4 Å². The fourth-order valence-electron chi connectivity index (χ4n) is 2.79. The third kappa shape index (κ3) is 2.18. The predicted molar refractivity (Wildman–Crippen MR) is 90.3 cm³/mol. The van der Waals surface area contributed by atoms with E-state index in [1.54, 1.807) is 18.2 Å². The van der Waals surface area contributed by atoms with Crippen LogP contribution >= 0.6 is 11.6 Å². The molecule has 0 N–H and O–H groups in total. The summed E-state index contributed by atoms with van der Waals surface area (Å²) in [5.74, 6) is -0.546. The number of fused-ring (bicyclic) bond motifs is 2. The van der Waals surface area contributed by atoms with Crippen molar-refractivity contribution in [1.29, 1.82) is 0 Å². The van der Waals surface area contributed by atoms with Crippen molar-refractivity contribution in [2.24, 2.45) is 0 Å². The van der Waals surface area contributed by atoms with Crippen LogP contribution in [-0.4, -0.2) is 23.6 Å². The summed E-state index contributed by atoms with van der Waals surface area (Å²) < 4.78 is 26.1. The molecule has 24 heavy (non-hydrogen) atoms. The maximum Gasteiger partial charge on any atom is 0.269 e. The molecule has 0 unspecified atom stereocenters. The highest BCUT2D eigenvalue weighted by Gasteiger charge is 2.41. The summed E-state index contributed by atoms with van der Waals surface area (Å²) in [6.45, 7) is -0.146.